The van der Waals surface area contributed by atoms with Crippen LogP contribution >= 0.6 is 11.6 Å². The van der Waals surface area contributed by atoms with Gasteiger partial charge in [0.25, 0.3) is 0 Å². The van der Waals surface area contributed by atoms with Crippen molar-refractivity contribution in [3.63, 3.8) is 0 Å². The number of nitrogens with zero attached hydrogens (tertiary/aromatic N) is 4. The maximum atomic E-state index is 12.3. The number of hydrogen-bond acceptors (Lipinski definition) is 3. The van der Waals surface area contributed by atoms with Gasteiger partial charge in [-0.3, -0.25) is 0 Å². The van der Waals surface area contributed by atoms with Crippen molar-refractivity contribution in [3.8, 4) is 5.82 Å². The number of aromatic nitrogens is 4. The normalized spacial score (nSPS) is 11.8. The smallest absolute Gasteiger partial charge is 0.239 e. The first kappa shape index (κ1) is 10.9. The fourth-order valence-corrected chi connectivity index (χ4v) is 1.25. The number of halogens is 4. The second-order valence-electron chi connectivity index (χ2n) is 2.81. The van der Waals surface area contributed by atoms with Crippen molar-refractivity contribution < 1.29 is 13.2 Å². The van der Waals surface area contributed by atoms with E-state index in [4.69, 9.17) is 11.6 Å². The predicted octanol–water partition coefficient (Wildman–Crippen LogP) is 2.33. The summed E-state index contributed by atoms with van der Waals surface area (Å²) >= 11 is 5.67. The molecule has 0 bridgehead atoms. The van der Waals surface area contributed by atoms with Crippen LogP contribution < -0.4 is 0 Å². The first-order valence-corrected chi connectivity index (χ1v) is 4.46. The van der Waals surface area contributed by atoms with E-state index in [2.05, 4.69) is 15.1 Å². The van der Waals surface area contributed by atoms with Crippen LogP contribution in [0, 0.1) is 0 Å². The van der Waals surface area contributed by atoms with E-state index in [1.807, 2.05) is 0 Å². The van der Waals surface area contributed by atoms with Crippen LogP contribution in [0.4, 0.5) is 13.2 Å². The van der Waals surface area contributed by atoms with E-state index in [-0.39, 0.29) is 11.0 Å². The molecule has 84 valence electrons. The highest BCUT2D eigenvalue weighted by Gasteiger charge is 2.33. The molecule has 0 saturated carbocycles. The Bertz CT molecular complexity index is 508. The summed E-state index contributed by atoms with van der Waals surface area (Å²) in [5.41, 5.74) is -1.01. The highest BCUT2D eigenvalue weighted by molar-refractivity contribution is 6.30. The van der Waals surface area contributed by atoms with E-state index < -0.39 is 11.9 Å². The van der Waals surface area contributed by atoms with Crippen LogP contribution in [0.25, 0.3) is 5.82 Å². The van der Waals surface area contributed by atoms with Crippen molar-refractivity contribution in [3.05, 3.63) is 35.5 Å². The van der Waals surface area contributed by atoms with Gasteiger partial charge in [0.15, 0.2) is 16.7 Å². The molecule has 0 amide bonds. The summed E-state index contributed by atoms with van der Waals surface area (Å²) in [6.07, 6.45) is -0.713. The van der Waals surface area contributed by atoms with Gasteiger partial charge in [-0.15, -0.1) is 0 Å². The zero-order valence-corrected chi connectivity index (χ0v) is 8.37. The van der Waals surface area contributed by atoms with Crippen LogP contribution in [0.5, 0.6) is 0 Å². The SMILES string of the molecule is FC(F)(F)c1ccn(-c2nccnc2Cl)n1. The average molecular weight is 249 g/mol. The Kier molecular flexibility index (Phi) is 2.55. The molecule has 2 heterocycles. The van der Waals surface area contributed by atoms with Gasteiger partial charge in [-0.05, 0) is 6.07 Å². The number of hydrogen-bond donors (Lipinski definition) is 0. The molecule has 0 atom stereocenters. The van der Waals surface area contributed by atoms with Gasteiger partial charge in [0.1, 0.15) is 0 Å². The molecule has 2 rings (SSSR count). The van der Waals surface area contributed by atoms with E-state index in [1.165, 1.54) is 12.4 Å². The van der Waals surface area contributed by atoms with Crippen molar-refractivity contribution in [2.45, 2.75) is 6.18 Å². The van der Waals surface area contributed by atoms with Crippen molar-refractivity contribution in [1.82, 2.24) is 19.7 Å². The van der Waals surface area contributed by atoms with Gasteiger partial charge in [0, 0.05) is 18.6 Å². The minimum Gasteiger partial charge on any atom is -0.239 e. The molecule has 8 heteroatoms. The molecule has 4 nitrogen and oxygen atoms in total. The second kappa shape index (κ2) is 3.75. The summed E-state index contributed by atoms with van der Waals surface area (Å²) in [5, 5.41) is 3.30. The quantitative estimate of drug-likeness (QED) is 0.778. The zero-order chi connectivity index (χ0) is 11.8. The summed E-state index contributed by atoms with van der Waals surface area (Å²) in [6.45, 7) is 0. The highest BCUT2D eigenvalue weighted by Crippen LogP contribution is 2.28. The Morgan fingerprint density at radius 1 is 1.19 bits per heavy atom. The Labute approximate surface area is 92.7 Å². The fourth-order valence-electron chi connectivity index (χ4n) is 1.06. The molecule has 0 spiro atoms. The molecule has 0 aliphatic heterocycles. The molecule has 0 saturated heterocycles. The van der Waals surface area contributed by atoms with E-state index in [9.17, 15) is 13.2 Å². The Morgan fingerprint density at radius 3 is 2.44 bits per heavy atom. The monoisotopic (exact) mass is 248 g/mol. The molecular formula is C8H4ClF3N4. The van der Waals surface area contributed by atoms with E-state index in [1.54, 1.807) is 0 Å². The maximum absolute atomic E-state index is 12.3. The zero-order valence-electron chi connectivity index (χ0n) is 7.61. The molecule has 0 unspecified atom stereocenters. The molecule has 16 heavy (non-hydrogen) atoms. The molecule has 0 aliphatic rings. The van der Waals surface area contributed by atoms with Crippen molar-refractivity contribution >= 4 is 11.6 Å². The Morgan fingerprint density at radius 2 is 1.88 bits per heavy atom. The Balaban J connectivity index is 2.44. The minimum absolute atomic E-state index is 0.0145. The third-order valence-electron chi connectivity index (χ3n) is 1.73. The summed E-state index contributed by atoms with van der Waals surface area (Å²) < 4.78 is 37.7. The maximum Gasteiger partial charge on any atom is 0.435 e. The lowest BCUT2D eigenvalue weighted by Gasteiger charge is -2.02. The van der Waals surface area contributed by atoms with Gasteiger partial charge in [0.2, 0.25) is 0 Å². The summed E-state index contributed by atoms with van der Waals surface area (Å²) in [7, 11) is 0. The van der Waals surface area contributed by atoms with Gasteiger partial charge in [0.05, 0.1) is 0 Å². The topological polar surface area (TPSA) is 43.6 Å². The molecule has 2 aromatic heterocycles. The second-order valence-corrected chi connectivity index (χ2v) is 3.17. The molecule has 0 fully saturated rings. The fraction of sp³-hybridized carbons (Fsp3) is 0.125. The molecule has 0 radical (unpaired) electrons. The number of rotatable bonds is 1. The van der Waals surface area contributed by atoms with Gasteiger partial charge in [-0.25, -0.2) is 14.6 Å². The van der Waals surface area contributed by atoms with Crippen molar-refractivity contribution in [2.75, 3.05) is 0 Å². The summed E-state index contributed by atoms with van der Waals surface area (Å²) in [5.74, 6) is 0.0552. The average Bonchev–Trinajstić information content (AvgIpc) is 2.66. The lowest BCUT2D eigenvalue weighted by Crippen LogP contribution is -2.08. The molecule has 0 aromatic carbocycles. The van der Waals surface area contributed by atoms with Crippen molar-refractivity contribution in [2.24, 2.45) is 0 Å². The first-order chi connectivity index (χ1) is 7.48. The predicted molar refractivity (Wildman–Crippen MR) is 49.2 cm³/mol. The van der Waals surface area contributed by atoms with Crippen LogP contribution in [0.1, 0.15) is 5.69 Å². The largest absolute Gasteiger partial charge is 0.435 e. The lowest BCUT2D eigenvalue weighted by molar-refractivity contribution is -0.141. The van der Waals surface area contributed by atoms with Gasteiger partial charge in [-0.1, -0.05) is 11.6 Å². The van der Waals surface area contributed by atoms with Gasteiger partial charge in [-0.2, -0.15) is 18.3 Å². The Hall–Kier alpha value is -1.63. The summed E-state index contributed by atoms with van der Waals surface area (Å²) in [4.78, 5) is 7.47. The lowest BCUT2D eigenvalue weighted by atomic mass is 10.4. The van der Waals surface area contributed by atoms with E-state index in [0.717, 1.165) is 16.9 Å². The standard InChI is InChI=1S/C8H4ClF3N4/c9-6-7(14-3-2-13-6)16-4-1-5(15-16)8(10,11)12/h1-4H. The van der Waals surface area contributed by atoms with Crippen LogP contribution in [0.2, 0.25) is 5.15 Å². The van der Waals surface area contributed by atoms with E-state index in [0.29, 0.717) is 0 Å². The van der Waals surface area contributed by atoms with E-state index >= 15 is 0 Å². The molecule has 2 aromatic rings. The third-order valence-corrected chi connectivity index (χ3v) is 2.00. The summed E-state index contributed by atoms with van der Waals surface area (Å²) in [6, 6.07) is 0.838. The van der Waals surface area contributed by atoms with Gasteiger partial charge >= 0.3 is 6.18 Å². The third kappa shape index (κ3) is 1.99. The van der Waals surface area contributed by atoms with Gasteiger partial charge < -0.3 is 0 Å². The number of alkyl halides is 3. The first-order valence-electron chi connectivity index (χ1n) is 4.08. The molecule has 0 aliphatic carbocycles. The minimum atomic E-state index is -4.49. The highest BCUT2D eigenvalue weighted by atomic mass is 35.5. The molecule has 0 N–H and O–H groups in total. The van der Waals surface area contributed by atoms with Crippen LogP contribution in [-0.4, -0.2) is 19.7 Å². The van der Waals surface area contributed by atoms with Crippen LogP contribution in [0.3, 0.4) is 0 Å². The molecular weight excluding hydrogens is 245 g/mol. The van der Waals surface area contributed by atoms with Crippen molar-refractivity contribution in [1.29, 1.82) is 0 Å². The van der Waals surface area contributed by atoms with Crippen LogP contribution in [0.15, 0.2) is 24.7 Å². The van der Waals surface area contributed by atoms with Crippen LogP contribution in [-0.2, 0) is 6.18 Å².